The molecule has 0 unspecified atom stereocenters. The van der Waals surface area contributed by atoms with Crippen molar-refractivity contribution in [1.29, 1.82) is 0 Å². The summed E-state index contributed by atoms with van der Waals surface area (Å²) in [5.74, 6) is -1.22. The van der Waals surface area contributed by atoms with Crippen molar-refractivity contribution in [2.24, 2.45) is 0 Å². The van der Waals surface area contributed by atoms with Gasteiger partial charge in [0.15, 0.2) is 0 Å². The molecule has 0 aliphatic rings. The number of ether oxygens (including phenoxy) is 2. The van der Waals surface area contributed by atoms with Crippen molar-refractivity contribution in [2.45, 2.75) is 31.9 Å². The van der Waals surface area contributed by atoms with E-state index in [0.717, 1.165) is 5.56 Å². The third-order valence-electron chi connectivity index (χ3n) is 4.81. The number of methoxy groups -OCH3 is 1. The third kappa shape index (κ3) is 6.52. The lowest BCUT2D eigenvalue weighted by atomic mass is 9.94. The second-order valence-electron chi connectivity index (χ2n) is 7.20. The summed E-state index contributed by atoms with van der Waals surface area (Å²) in [6, 6.07) is 9.09. The van der Waals surface area contributed by atoms with Crippen molar-refractivity contribution in [3.05, 3.63) is 78.7 Å². The summed E-state index contributed by atoms with van der Waals surface area (Å²) < 4.78 is 24.4. The van der Waals surface area contributed by atoms with Gasteiger partial charge in [-0.1, -0.05) is 36.9 Å². The lowest BCUT2D eigenvalue weighted by molar-refractivity contribution is -0.141. The van der Waals surface area contributed by atoms with Gasteiger partial charge in [-0.3, -0.25) is 9.59 Å². The fourth-order valence-corrected chi connectivity index (χ4v) is 3.29. The van der Waals surface area contributed by atoms with Crippen LogP contribution in [0, 0.1) is 12.7 Å². The van der Waals surface area contributed by atoms with Crippen LogP contribution in [-0.4, -0.2) is 36.8 Å². The van der Waals surface area contributed by atoms with E-state index in [1.807, 2.05) is 6.07 Å². The maximum absolute atomic E-state index is 14.0. The van der Waals surface area contributed by atoms with E-state index in [1.165, 1.54) is 25.3 Å². The van der Waals surface area contributed by atoms with Gasteiger partial charge in [0, 0.05) is 18.1 Å². The van der Waals surface area contributed by atoms with Gasteiger partial charge >= 0.3 is 5.97 Å². The number of hydrogen-bond donors (Lipinski definition) is 2. The summed E-state index contributed by atoms with van der Waals surface area (Å²) in [6.07, 6.45) is 1.66. The Bertz CT molecular complexity index is 988. The SMILES string of the molecule is C=CCOc1cc(F)cc(C)c1-c1cccc([C@H](CC(=O)OC)NC(=O)[C@H](O)CC=C)c1. The highest BCUT2D eigenvalue weighted by atomic mass is 19.1. The predicted octanol–water partition coefficient (Wildman–Crippen LogP) is 4.02. The molecule has 170 valence electrons. The Kier molecular flexibility index (Phi) is 9.16. The molecule has 2 rings (SSSR count). The fraction of sp³-hybridized carbons (Fsp3) is 0.280. The Morgan fingerprint density at radius 2 is 1.97 bits per heavy atom. The average molecular weight is 441 g/mol. The molecular weight excluding hydrogens is 413 g/mol. The first-order valence-corrected chi connectivity index (χ1v) is 10.1. The number of amides is 1. The minimum atomic E-state index is -1.28. The zero-order valence-corrected chi connectivity index (χ0v) is 18.3. The van der Waals surface area contributed by atoms with E-state index in [9.17, 15) is 19.1 Å². The summed E-state index contributed by atoms with van der Waals surface area (Å²) >= 11 is 0. The zero-order chi connectivity index (χ0) is 23.7. The predicted molar refractivity (Wildman–Crippen MR) is 121 cm³/mol. The van der Waals surface area contributed by atoms with Crippen molar-refractivity contribution in [1.82, 2.24) is 5.32 Å². The van der Waals surface area contributed by atoms with Gasteiger partial charge in [0.1, 0.15) is 24.3 Å². The number of aliphatic hydroxyl groups excluding tert-OH is 1. The molecule has 1 amide bonds. The van der Waals surface area contributed by atoms with Crippen LogP contribution in [0.3, 0.4) is 0 Å². The van der Waals surface area contributed by atoms with Crippen LogP contribution in [0.1, 0.15) is 30.0 Å². The van der Waals surface area contributed by atoms with E-state index in [4.69, 9.17) is 9.47 Å². The van der Waals surface area contributed by atoms with Crippen molar-refractivity contribution < 1.29 is 28.6 Å². The molecule has 0 aromatic heterocycles. The van der Waals surface area contributed by atoms with Crippen LogP contribution in [-0.2, 0) is 14.3 Å². The first-order valence-electron chi connectivity index (χ1n) is 10.1. The van der Waals surface area contributed by atoms with E-state index in [0.29, 0.717) is 22.4 Å². The lowest BCUT2D eigenvalue weighted by Crippen LogP contribution is -2.37. The molecule has 0 fully saturated rings. The summed E-state index contributed by atoms with van der Waals surface area (Å²) in [5.41, 5.74) is 2.68. The third-order valence-corrected chi connectivity index (χ3v) is 4.81. The number of aliphatic hydroxyl groups is 1. The summed E-state index contributed by atoms with van der Waals surface area (Å²) in [4.78, 5) is 24.3. The van der Waals surface area contributed by atoms with E-state index in [-0.39, 0.29) is 19.4 Å². The Morgan fingerprint density at radius 1 is 1.22 bits per heavy atom. The lowest BCUT2D eigenvalue weighted by Gasteiger charge is -2.21. The first-order chi connectivity index (χ1) is 15.3. The molecule has 2 aromatic rings. The molecule has 2 atom stereocenters. The Balaban J connectivity index is 2.47. The molecule has 6 nitrogen and oxygen atoms in total. The quantitative estimate of drug-likeness (QED) is 0.406. The van der Waals surface area contributed by atoms with Crippen molar-refractivity contribution in [3.63, 3.8) is 0 Å². The summed E-state index contributed by atoms with van der Waals surface area (Å²) in [6.45, 7) is 9.11. The van der Waals surface area contributed by atoms with Gasteiger partial charge in [-0.2, -0.15) is 0 Å². The van der Waals surface area contributed by atoms with E-state index in [2.05, 4.69) is 18.5 Å². The molecule has 0 heterocycles. The fourth-order valence-electron chi connectivity index (χ4n) is 3.29. The maximum Gasteiger partial charge on any atom is 0.307 e. The van der Waals surface area contributed by atoms with Gasteiger partial charge in [0.25, 0.3) is 0 Å². The van der Waals surface area contributed by atoms with E-state index >= 15 is 0 Å². The van der Waals surface area contributed by atoms with Gasteiger partial charge in [-0.15, -0.1) is 6.58 Å². The number of carbonyl (C=O) groups excluding carboxylic acids is 2. The number of hydrogen-bond acceptors (Lipinski definition) is 5. The highest BCUT2D eigenvalue weighted by Crippen LogP contribution is 2.36. The molecule has 0 saturated carbocycles. The highest BCUT2D eigenvalue weighted by Gasteiger charge is 2.23. The number of halogens is 1. The Labute approximate surface area is 187 Å². The van der Waals surface area contributed by atoms with E-state index in [1.54, 1.807) is 31.2 Å². The maximum atomic E-state index is 14.0. The Morgan fingerprint density at radius 3 is 2.62 bits per heavy atom. The van der Waals surface area contributed by atoms with Crippen LogP contribution in [0.4, 0.5) is 4.39 Å². The first kappa shape index (κ1) is 24.8. The van der Waals surface area contributed by atoms with Crippen LogP contribution in [0.15, 0.2) is 61.7 Å². The minimum Gasteiger partial charge on any atom is -0.489 e. The monoisotopic (exact) mass is 441 g/mol. The molecule has 7 heteroatoms. The van der Waals surface area contributed by atoms with Gasteiger partial charge in [0.05, 0.1) is 19.6 Å². The van der Waals surface area contributed by atoms with Gasteiger partial charge < -0.3 is 19.9 Å². The smallest absolute Gasteiger partial charge is 0.307 e. The molecule has 0 aliphatic carbocycles. The zero-order valence-electron chi connectivity index (χ0n) is 18.3. The largest absolute Gasteiger partial charge is 0.489 e. The van der Waals surface area contributed by atoms with Gasteiger partial charge in [-0.25, -0.2) is 4.39 Å². The molecule has 0 radical (unpaired) electrons. The van der Waals surface area contributed by atoms with Crippen LogP contribution in [0.5, 0.6) is 5.75 Å². The molecule has 0 aliphatic heterocycles. The molecule has 0 saturated heterocycles. The highest BCUT2D eigenvalue weighted by molar-refractivity contribution is 5.82. The van der Waals surface area contributed by atoms with Crippen LogP contribution in [0.2, 0.25) is 0 Å². The number of benzene rings is 2. The topological polar surface area (TPSA) is 84.9 Å². The standard InChI is InChI=1S/C25H28FNO5/c1-5-8-21(28)25(30)27-20(15-23(29)31-4)17-9-7-10-18(13-17)24-16(3)12-19(26)14-22(24)32-11-6-2/h5-7,9-10,12-14,20-21,28H,1-2,8,11,15H2,3-4H3,(H,27,30)/t20-,21+/m0/s1. The van der Waals surface area contributed by atoms with Crippen molar-refractivity contribution in [3.8, 4) is 16.9 Å². The number of esters is 1. The summed E-state index contributed by atoms with van der Waals surface area (Å²) in [7, 11) is 1.26. The summed E-state index contributed by atoms with van der Waals surface area (Å²) in [5, 5.41) is 12.7. The molecule has 2 N–H and O–H groups in total. The molecule has 0 spiro atoms. The van der Waals surface area contributed by atoms with Crippen LogP contribution in [0.25, 0.3) is 11.1 Å². The Hall–Kier alpha value is -3.45. The van der Waals surface area contributed by atoms with Crippen molar-refractivity contribution >= 4 is 11.9 Å². The number of carbonyl (C=O) groups is 2. The van der Waals surface area contributed by atoms with Gasteiger partial charge in [-0.05, 0) is 35.7 Å². The molecule has 2 aromatic carbocycles. The average Bonchev–Trinajstić information content (AvgIpc) is 2.76. The second-order valence-corrected chi connectivity index (χ2v) is 7.20. The molecular formula is C25H28FNO5. The van der Waals surface area contributed by atoms with E-state index < -0.39 is 29.8 Å². The second kappa shape index (κ2) is 11.8. The molecule has 0 bridgehead atoms. The molecule has 32 heavy (non-hydrogen) atoms. The normalized spacial score (nSPS) is 12.4. The minimum absolute atomic E-state index is 0.0790. The van der Waals surface area contributed by atoms with Crippen LogP contribution < -0.4 is 10.1 Å². The van der Waals surface area contributed by atoms with Gasteiger partial charge in [0.2, 0.25) is 5.91 Å². The van der Waals surface area contributed by atoms with Crippen LogP contribution >= 0.6 is 0 Å². The number of aryl methyl sites for hydroxylation is 1. The number of nitrogens with one attached hydrogen (secondary N) is 1. The number of rotatable bonds is 11. The van der Waals surface area contributed by atoms with Crippen molar-refractivity contribution in [2.75, 3.05) is 13.7 Å².